The molecule has 0 saturated carbocycles. The van der Waals surface area contributed by atoms with Crippen LogP contribution in [0.25, 0.3) is 0 Å². The third kappa shape index (κ3) is 3.87. The molecule has 1 aromatic heterocycles. The lowest BCUT2D eigenvalue weighted by atomic mass is 10.3. The minimum absolute atomic E-state index is 0.0112. The van der Waals surface area contributed by atoms with Gasteiger partial charge in [-0.2, -0.15) is 0 Å². The van der Waals surface area contributed by atoms with Crippen LogP contribution in [-0.4, -0.2) is 46.0 Å². The Labute approximate surface area is 112 Å². The highest BCUT2D eigenvalue weighted by Crippen LogP contribution is 2.09. The number of carbonyl (C=O) groups excluding carboxylic acids is 1. The highest BCUT2D eigenvalue weighted by Gasteiger charge is 2.19. The van der Waals surface area contributed by atoms with Gasteiger partial charge in [0, 0.05) is 25.4 Å². The van der Waals surface area contributed by atoms with Gasteiger partial charge in [0.2, 0.25) is 11.8 Å². The molecule has 1 atom stereocenters. The fraction of sp³-hybridized carbons (Fsp3) is 0.727. The first-order chi connectivity index (χ1) is 8.62. The summed E-state index contributed by atoms with van der Waals surface area (Å²) in [6.07, 6.45) is 0.522. The SMILES string of the molecule is CCN(CC)C(=O)C(C)Nc1nnc(CCCl)o1. The van der Waals surface area contributed by atoms with Gasteiger partial charge in [-0.25, -0.2) is 0 Å². The van der Waals surface area contributed by atoms with Gasteiger partial charge < -0.3 is 14.6 Å². The van der Waals surface area contributed by atoms with E-state index in [0.717, 1.165) is 0 Å². The zero-order valence-electron chi connectivity index (χ0n) is 10.9. The van der Waals surface area contributed by atoms with E-state index in [0.29, 0.717) is 31.3 Å². The summed E-state index contributed by atoms with van der Waals surface area (Å²) < 4.78 is 5.30. The first-order valence-corrected chi connectivity index (χ1v) is 6.59. The van der Waals surface area contributed by atoms with E-state index in [1.54, 1.807) is 11.8 Å². The quantitative estimate of drug-likeness (QED) is 0.764. The molecule has 1 rings (SSSR count). The van der Waals surface area contributed by atoms with Gasteiger partial charge in [0.05, 0.1) is 0 Å². The smallest absolute Gasteiger partial charge is 0.316 e. The summed E-state index contributed by atoms with van der Waals surface area (Å²) in [7, 11) is 0. The van der Waals surface area contributed by atoms with Crippen LogP contribution in [0.4, 0.5) is 6.01 Å². The highest BCUT2D eigenvalue weighted by atomic mass is 35.5. The number of amides is 1. The van der Waals surface area contributed by atoms with Crippen LogP contribution < -0.4 is 5.32 Å². The van der Waals surface area contributed by atoms with Crippen molar-refractivity contribution in [2.45, 2.75) is 33.2 Å². The molecule has 7 heteroatoms. The Morgan fingerprint density at radius 1 is 1.44 bits per heavy atom. The van der Waals surface area contributed by atoms with Gasteiger partial charge in [-0.15, -0.1) is 16.7 Å². The second-order valence-corrected chi connectivity index (χ2v) is 4.19. The number of alkyl halides is 1. The van der Waals surface area contributed by atoms with Crippen LogP contribution in [0.1, 0.15) is 26.7 Å². The van der Waals surface area contributed by atoms with E-state index in [2.05, 4.69) is 15.5 Å². The lowest BCUT2D eigenvalue weighted by Gasteiger charge is -2.22. The van der Waals surface area contributed by atoms with Crippen molar-refractivity contribution in [2.24, 2.45) is 0 Å². The minimum atomic E-state index is -0.394. The molecule has 0 fully saturated rings. The van der Waals surface area contributed by atoms with E-state index in [9.17, 15) is 4.79 Å². The molecule has 0 aliphatic heterocycles. The standard InChI is InChI=1S/C11H19ClN4O2/c1-4-16(5-2)10(17)8(3)13-11-15-14-9(18-11)6-7-12/h8H,4-7H2,1-3H3,(H,13,15). The summed E-state index contributed by atoms with van der Waals surface area (Å²) in [4.78, 5) is 13.7. The number of carbonyl (C=O) groups is 1. The normalized spacial score (nSPS) is 12.2. The number of nitrogens with zero attached hydrogens (tertiary/aromatic N) is 3. The van der Waals surface area contributed by atoms with Crippen molar-refractivity contribution in [3.8, 4) is 0 Å². The molecule has 0 aliphatic rings. The lowest BCUT2D eigenvalue weighted by Crippen LogP contribution is -2.41. The number of anilines is 1. The van der Waals surface area contributed by atoms with Crippen LogP contribution in [0.5, 0.6) is 0 Å². The Balaban J connectivity index is 2.57. The predicted octanol–water partition coefficient (Wildman–Crippen LogP) is 1.52. The van der Waals surface area contributed by atoms with Crippen molar-refractivity contribution in [3.05, 3.63) is 5.89 Å². The molecule has 0 bridgehead atoms. The average Bonchev–Trinajstić information content (AvgIpc) is 2.78. The molecule has 0 aliphatic carbocycles. The van der Waals surface area contributed by atoms with E-state index in [-0.39, 0.29) is 11.9 Å². The van der Waals surface area contributed by atoms with Gasteiger partial charge in [0.15, 0.2) is 0 Å². The molecule has 0 radical (unpaired) electrons. The van der Waals surface area contributed by atoms with Crippen LogP contribution in [0.2, 0.25) is 0 Å². The molecule has 1 aromatic rings. The summed E-state index contributed by atoms with van der Waals surface area (Å²) in [5.41, 5.74) is 0. The van der Waals surface area contributed by atoms with Crippen molar-refractivity contribution < 1.29 is 9.21 Å². The van der Waals surface area contributed by atoms with E-state index in [1.807, 2.05) is 13.8 Å². The molecule has 102 valence electrons. The average molecular weight is 275 g/mol. The maximum Gasteiger partial charge on any atom is 0.316 e. The first kappa shape index (κ1) is 14.8. The molecular weight excluding hydrogens is 256 g/mol. The van der Waals surface area contributed by atoms with Crippen LogP contribution in [0.15, 0.2) is 4.42 Å². The van der Waals surface area contributed by atoms with Crippen LogP contribution in [0, 0.1) is 0 Å². The van der Waals surface area contributed by atoms with E-state index in [1.165, 1.54) is 0 Å². The fourth-order valence-electron chi connectivity index (χ4n) is 1.55. The van der Waals surface area contributed by atoms with Gasteiger partial charge in [0.25, 0.3) is 0 Å². The summed E-state index contributed by atoms with van der Waals surface area (Å²) in [5.74, 6) is 0.905. The van der Waals surface area contributed by atoms with Crippen molar-refractivity contribution in [1.29, 1.82) is 0 Å². The Bertz CT molecular complexity index is 379. The summed E-state index contributed by atoms with van der Waals surface area (Å²) >= 11 is 5.57. The third-order valence-electron chi connectivity index (χ3n) is 2.56. The number of likely N-dealkylation sites (N-methyl/N-ethyl adjacent to an activating group) is 1. The number of nitrogens with one attached hydrogen (secondary N) is 1. The lowest BCUT2D eigenvalue weighted by molar-refractivity contribution is -0.131. The van der Waals surface area contributed by atoms with E-state index >= 15 is 0 Å². The second kappa shape index (κ2) is 7.20. The Morgan fingerprint density at radius 3 is 2.67 bits per heavy atom. The van der Waals surface area contributed by atoms with Crippen molar-refractivity contribution in [1.82, 2.24) is 15.1 Å². The number of aromatic nitrogens is 2. The maximum atomic E-state index is 12.0. The van der Waals surface area contributed by atoms with Gasteiger partial charge >= 0.3 is 6.01 Å². The molecule has 18 heavy (non-hydrogen) atoms. The van der Waals surface area contributed by atoms with Gasteiger partial charge in [-0.1, -0.05) is 5.10 Å². The van der Waals surface area contributed by atoms with Crippen molar-refractivity contribution >= 4 is 23.5 Å². The fourth-order valence-corrected chi connectivity index (χ4v) is 1.71. The molecule has 1 heterocycles. The molecule has 0 saturated heterocycles. The zero-order valence-corrected chi connectivity index (χ0v) is 11.7. The Kier molecular flexibility index (Phi) is 5.91. The number of aryl methyl sites for hydroxylation is 1. The largest absolute Gasteiger partial charge is 0.408 e. The minimum Gasteiger partial charge on any atom is -0.408 e. The highest BCUT2D eigenvalue weighted by molar-refractivity contribution is 6.17. The molecule has 6 nitrogen and oxygen atoms in total. The van der Waals surface area contributed by atoms with Gasteiger partial charge in [-0.3, -0.25) is 4.79 Å². The summed E-state index contributed by atoms with van der Waals surface area (Å²) in [6, 6.07) is -0.141. The van der Waals surface area contributed by atoms with E-state index in [4.69, 9.17) is 16.0 Å². The third-order valence-corrected chi connectivity index (χ3v) is 2.75. The first-order valence-electron chi connectivity index (χ1n) is 6.06. The van der Waals surface area contributed by atoms with E-state index < -0.39 is 6.04 Å². The molecule has 1 N–H and O–H groups in total. The monoisotopic (exact) mass is 274 g/mol. The molecule has 0 aromatic carbocycles. The number of hydrogen-bond donors (Lipinski definition) is 1. The number of hydrogen-bond acceptors (Lipinski definition) is 5. The van der Waals surface area contributed by atoms with Crippen LogP contribution in [0.3, 0.4) is 0 Å². The second-order valence-electron chi connectivity index (χ2n) is 3.82. The van der Waals surface area contributed by atoms with Crippen LogP contribution in [-0.2, 0) is 11.2 Å². The Morgan fingerprint density at radius 2 is 2.11 bits per heavy atom. The summed E-state index contributed by atoms with van der Waals surface area (Å²) in [6.45, 7) is 7.02. The van der Waals surface area contributed by atoms with Gasteiger partial charge in [0.1, 0.15) is 6.04 Å². The molecular formula is C11H19ClN4O2. The number of rotatable bonds is 7. The van der Waals surface area contributed by atoms with Crippen LogP contribution >= 0.6 is 11.6 Å². The number of halogens is 1. The van der Waals surface area contributed by atoms with Crippen molar-refractivity contribution in [2.75, 3.05) is 24.3 Å². The topological polar surface area (TPSA) is 71.3 Å². The zero-order chi connectivity index (χ0) is 13.5. The molecule has 0 spiro atoms. The Hall–Kier alpha value is -1.30. The van der Waals surface area contributed by atoms with Crippen molar-refractivity contribution in [3.63, 3.8) is 0 Å². The maximum absolute atomic E-state index is 12.0. The molecule has 1 amide bonds. The molecule has 1 unspecified atom stereocenters. The van der Waals surface area contributed by atoms with Gasteiger partial charge in [-0.05, 0) is 20.8 Å². The summed E-state index contributed by atoms with van der Waals surface area (Å²) in [5, 5.41) is 10.5. The predicted molar refractivity (Wildman–Crippen MR) is 69.7 cm³/mol.